The van der Waals surface area contributed by atoms with Gasteiger partial charge in [-0.2, -0.15) is 0 Å². The van der Waals surface area contributed by atoms with Crippen molar-refractivity contribution >= 4 is 33.9 Å². The van der Waals surface area contributed by atoms with E-state index in [1.807, 2.05) is 18.2 Å². The number of aromatic nitrogens is 1. The molecule has 5 rings (SSSR count). The number of hydrogen-bond donors (Lipinski definition) is 2. The van der Waals surface area contributed by atoms with Gasteiger partial charge in [-0.05, 0) is 61.6 Å². The van der Waals surface area contributed by atoms with Crippen LogP contribution in [-0.4, -0.2) is 37.3 Å². The number of carbonyl (C=O) groups excluding carboxylic acids is 1. The molecule has 1 fully saturated rings. The number of nitrogens with one attached hydrogen (secondary N) is 1. The molecule has 2 aliphatic heterocycles. The van der Waals surface area contributed by atoms with Crippen molar-refractivity contribution in [1.29, 1.82) is 0 Å². The van der Waals surface area contributed by atoms with Crippen LogP contribution in [-0.2, 0) is 11.2 Å². The topological polar surface area (TPSA) is 72.5 Å². The number of rotatable bonds is 4. The molecule has 0 aliphatic carbocycles. The molecule has 2 aromatic carbocycles. The van der Waals surface area contributed by atoms with E-state index in [2.05, 4.69) is 21.0 Å². The molecule has 0 saturated carbocycles. The summed E-state index contributed by atoms with van der Waals surface area (Å²) in [4.78, 5) is 14.5. The monoisotopic (exact) mass is 454 g/mol. The van der Waals surface area contributed by atoms with Gasteiger partial charge in [-0.3, -0.25) is 4.79 Å². The van der Waals surface area contributed by atoms with E-state index in [9.17, 15) is 13.6 Å². The number of nitrogen functional groups attached to an aromatic ring is 1. The minimum atomic E-state index is -2.64. The van der Waals surface area contributed by atoms with E-state index in [0.29, 0.717) is 25.3 Å². The van der Waals surface area contributed by atoms with Crippen LogP contribution in [0, 0.1) is 0 Å². The molecule has 1 saturated heterocycles. The second kappa shape index (κ2) is 8.67. The summed E-state index contributed by atoms with van der Waals surface area (Å²) in [6.45, 7) is 2.12. The molecule has 8 heteroatoms. The average Bonchev–Trinajstić information content (AvgIpc) is 3.21. The molecule has 3 N–H and O–H groups in total. The predicted molar refractivity (Wildman–Crippen MR) is 126 cm³/mol. The van der Waals surface area contributed by atoms with Gasteiger partial charge >= 0.3 is 0 Å². The maximum absolute atomic E-state index is 13.6. The number of halogens is 2. The Balaban J connectivity index is 1.69. The molecule has 2 aliphatic rings. The van der Waals surface area contributed by atoms with E-state index < -0.39 is 6.43 Å². The fourth-order valence-corrected chi connectivity index (χ4v) is 5.11. The van der Waals surface area contributed by atoms with Crippen molar-refractivity contribution in [2.45, 2.75) is 38.2 Å². The van der Waals surface area contributed by atoms with Crippen molar-refractivity contribution in [2.24, 2.45) is 0 Å². The Labute approximate surface area is 191 Å². The highest BCUT2D eigenvalue weighted by molar-refractivity contribution is 6.03. The van der Waals surface area contributed by atoms with Crippen LogP contribution in [0.4, 0.5) is 25.8 Å². The summed E-state index contributed by atoms with van der Waals surface area (Å²) in [5.74, 6) is -0.159. The highest BCUT2D eigenvalue weighted by Crippen LogP contribution is 2.43. The summed E-state index contributed by atoms with van der Waals surface area (Å²) in [5.41, 5.74) is 10.2. The van der Waals surface area contributed by atoms with Gasteiger partial charge in [0, 0.05) is 66.9 Å². The predicted octanol–water partition coefficient (Wildman–Crippen LogP) is 4.96. The number of aryl methyl sites for hydroxylation is 1. The molecule has 0 atom stereocenters. The van der Waals surface area contributed by atoms with Crippen molar-refractivity contribution in [1.82, 2.24) is 9.88 Å². The Bertz CT molecular complexity index is 1200. The fourth-order valence-electron chi connectivity index (χ4n) is 5.11. The van der Waals surface area contributed by atoms with Crippen LogP contribution in [0.3, 0.4) is 0 Å². The van der Waals surface area contributed by atoms with E-state index >= 15 is 0 Å². The van der Waals surface area contributed by atoms with E-state index in [1.165, 1.54) is 6.07 Å². The first-order valence-corrected chi connectivity index (χ1v) is 11.4. The maximum Gasteiger partial charge on any atom is 0.265 e. The molecule has 174 valence electrons. The van der Waals surface area contributed by atoms with Gasteiger partial charge < -0.3 is 25.3 Å². The molecule has 0 radical (unpaired) electrons. The van der Waals surface area contributed by atoms with Gasteiger partial charge in [0.1, 0.15) is 0 Å². The van der Waals surface area contributed by atoms with Gasteiger partial charge in [0.15, 0.2) is 0 Å². The Morgan fingerprint density at radius 2 is 1.97 bits per heavy atom. The third-order valence-corrected chi connectivity index (χ3v) is 6.81. The lowest BCUT2D eigenvalue weighted by Crippen LogP contribution is -2.25. The van der Waals surface area contributed by atoms with Crippen molar-refractivity contribution in [2.75, 3.05) is 37.4 Å². The smallest absolute Gasteiger partial charge is 0.265 e. The highest BCUT2D eigenvalue weighted by Gasteiger charge is 2.27. The van der Waals surface area contributed by atoms with Crippen LogP contribution in [0.15, 0.2) is 36.5 Å². The van der Waals surface area contributed by atoms with E-state index in [1.54, 1.807) is 13.1 Å². The minimum absolute atomic E-state index is 0.136. The summed E-state index contributed by atoms with van der Waals surface area (Å²) in [5, 5.41) is 3.62. The van der Waals surface area contributed by atoms with Crippen LogP contribution < -0.4 is 16.0 Å². The SMILES string of the molecule is CNC(=O)c1ccc2c(c1)c(N1CCCc3cc(N)c(C(F)F)cc31)cn2C1CCOCC1. The van der Waals surface area contributed by atoms with E-state index in [0.717, 1.165) is 53.5 Å². The van der Waals surface area contributed by atoms with Gasteiger partial charge in [0.05, 0.1) is 11.2 Å². The molecular weight excluding hydrogens is 426 g/mol. The number of nitrogens with two attached hydrogens (primary N) is 1. The lowest BCUT2D eigenvalue weighted by atomic mass is 9.97. The maximum atomic E-state index is 13.6. The van der Waals surface area contributed by atoms with Gasteiger partial charge in [0.2, 0.25) is 0 Å². The fraction of sp³-hybridized carbons (Fsp3) is 0.400. The normalized spacial score (nSPS) is 16.9. The number of nitrogens with zero attached hydrogens (tertiary/aromatic N) is 2. The van der Waals surface area contributed by atoms with Gasteiger partial charge in [-0.15, -0.1) is 0 Å². The second-order valence-corrected chi connectivity index (χ2v) is 8.74. The van der Waals surface area contributed by atoms with Crippen LogP contribution in [0.5, 0.6) is 0 Å². The Morgan fingerprint density at radius 1 is 1.18 bits per heavy atom. The molecule has 0 unspecified atom stereocenters. The molecule has 6 nitrogen and oxygen atoms in total. The highest BCUT2D eigenvalue weighted by atomic mass is 19.3. The minimum Gasteiger partial charge on any atom is -0.398 e. The Morgan fingerprint density at radius 3 is 2.70 bits per heavy atom. The number of alkyl halides is 2. The van der Waals surface area contributed by atoms with Crippen molar-refractivity contribution in [3.05, 3.63) is 53.2 Å². The number of fused-ring (bicyclic) bond motifs is 2. The Hall–Kier alpha value is -3.13. The quantitative estimate of drug-likeness (QED) is 0.547. The largest absolute Gasteiger partial charge is 0.398 e. The average molecular weight is 455 g/mol. The van der Waals surface area contributed by atoms with Crippen LogP contribution in [0.2, 0.25) is 0 Å². The summed E-state index contributed by atoms with van der Waals surface area (Å²) in [7, 11) is 1.61. The number of hydrogen-bond acceptors (Lipinski definition) is 4. The Kier molecular flexibility index (Phi) is 5.70. The van der Waals surface area contributed by atoms with E-state index in [-0.39, 0.29) is 23.2 Å². The van der Waals surface area contributed by atoms with Crippen LogP contribution in [0.1, 0.15) is 53.2 Å². The molecule has 0 bridgehead atoms. The number of benzene rings is 2. The third kappa shape index (κ3) is 3.82. The number of ether oxygens (including phenoxy) is 1. The lowest BCUT2D eigenvalue weighted by molar-refractivity contribution is 0.0707. The molecule has 3 aromatic rings. The lowest BCUT2D eigenvalue weighted by Gasteiger charge is -2.32. The zero-order chi connectivity index (χ0) is 23.1. The zero-order valence-corrected chi connectivity index (χ0v) is 18.6. The molecular formula is C25H28F2N4O2. The first-order chi connectivity index (χ1) is 16.0. The molecule has 1 amide bonds. The van der Waals surface area contributed by atoms with Crippen molar-refractivity contribution in [3.8, 4) is 0 Å². The first kappa shape index (κ1) is 21.7. The van der Waals surface area contributed by atoms with Crippen LogP contribution in [0.25, 0.3) is 10.9 Å². The van der Waals surface area contributed by atoms with Crippen LogP contribution >= 0.6 is 0 Å². The van der Waals surface area contributed by atoms with Gasteiger partial charge in [-0.25, -0.2) is 8.78 Å². The standard InChI is InChI=1S/C25H28F2N4O2/c1-29-25(32)16-4-5-21-19(11-16)23(14-31(21)17-6-9-33-10-7-17)30-8-2-3-15-12-20(28)18(24(26)27)13-22(15)30/h4-5,11-14,17,24H,2-3,6-10,28H2,1H3,(H,29,32). The molecule has 1 aromatic heterocycles. The van der Waals surface area contributed by atoms with E-state index in [4.69, 9.17) is 10.5 Å². The number of amides is 1. The molecule has 3 heterocycles. The van der Waals surface area contributed by atoms with Crippen molar-refractivity contribution in [3.63, 3.8) is 0 Å². The first-order valence-electron chi connectivity index (χ1n) is 11.4. The zero-order valence-electron chi connectivity index (χ0n) is 18.6. The van der Waals surface area contributed by atoms with Gasteiger partial charge in [0.25, 0.3) is 12.3 Å². The summed E-state index contributed by atoms with van der Waals surface area (Å²) < 4.78 is 35.1. The second-order valence-electron chi connectivity index (χ2n) is 8.74. The summed E-state index contributed by atoms with van der Waals surface area (Å²) in [6.07, 6.45) is 2.97. The number of anilines is 3. The third-order valence-electron chi connectivity index (χ3n) is 6.81. The molecule has 33 heavy (non-hydrogen) atoms. The number of carbonyl (C=O) groups is 1. The van der Waals surface area contributed by atoms with Gasteiger partial charge in [-0.1, -0.05) is 0 Å². The summed E-state index contributed by atoms with van der Waals surface area (Å²) >= 11 is 0. The molecule has 0 spiro atoms. The summed E-state index contributed by atoms with van der Waals surface area (Å²) in [6, 6.07) is 9.23. The van der Waals surface area contributed by atoms with Crippen molar-refractivity contribution < 1.29 is 18.3 Å².